The number of carbonyl (C=O) groups is 8. The second kappa shape index (κ2) is 23.1. The molecular formula is C47H51NO25S. The van der Waals surface area contributed by atoms with Crippen LogP contribution in [-0.2, 0) is 80.9 Å². The van der Waals surface area contributed by atoms with E-state index >= 15 is 0 Å². The SMILES string of the molecule is CC(=O)OC1[C@H](Oc2c(-c3ccc4oc(=S)oc4c3)oc3cc(OC(=O)CNC(=O)OC(C)(C)C)cc(O)c3c2=O)O[C@H](CO[C@H]2OC(C)C(OC(C)=O)[C@@H](OC(C)=O)[C@H]2OC(C)=O)C(OC(C)=O)[C@@H]1OC(C)=O. The number of aromatic hydroxyl groups is 1. The van der Waals surface area contributed by atoms with Crippen molar-refractivity contribution in [2.24, 2.45) is 0 Å². The number of carbonyl (C=O) groups excluding carboxylic acids is 8. The summed E-state index contributed by atoms with van der Waals surface area (Å²) in [6.45, 7) is 10.9. The molecule has 0 spiro atoms. The molecule has 2 saturated heterocycles. The van der Waals surface area contributed by atoms with Gasteiger partial charge in [-0.05, 0) is 45.9 Å². The molecule has 2 aromatic carbocycles. The summed E-state index contributed by atoms with van der Waals surface area (Å²) in [7, 11) is 0. The number of hydrogen-bond acceptors (Lipinski definition) is 26. The van der Waals surface area contributed by atoms with Gasteiger partial charge in [0.05, 0.1) is 12.7 Å². The number of amides is 1. The Morgan fingerprint density at radius 3 is 1.80 bits per heavy atom. The zero-order valence-electron chi connectivity index (χ0n) is 41.2. The average molecular weight is 1060 g/mol. The molecule has 10 atom stereocenters. The van der Waals surface area contributed by atoms with Crippen LogP contribution in [0.4, 0.5) is 4.79 Å². The smallest absolute Gasteiger partial charge is 0.408 e. The second-order valence-electron chi connectivity index (χ2n) is 17.5. The lowest BCUT2D eigenvalue weighted by Crippen LogP contribution is -2.65. The first-order valence-corrected chi connectivity index (χ1v) is 22.8. The number of benzene rings is 2. The van der Waals surface area contributed by atoms with Gasteiger partial charge in [0.2, 0.25) is 23.6 Å². The minimum Gasteiger partial charge on any atom is -0.507 e. The van der Waals surface area contributed by atoms with Crippen molar-refractivity contribution in [2.45, 2.75) is 136 Å². The van der Waals surface area contributed by atoms with Crippen molar-refractivity contribution in [3.05, 3.63) is 45.5 Å². The first kappa shape index (κ1) is 55.7. The lowest BCUT2D eigenvalue weighted by Gasteiger charge is -2.46. The Labute approximate surface area is 423 Å². The molecule has 0 aliphatic carbocycles. The van der Waals surface area contributed by atoms with Crippen LogP contribution < -0.4 is 20.2 Å². The average Bonchev–Trinajstić information content (AvgIpc) is 3.65. The lowest BCUT2D eigenvalue weighted by atomic mass is 9.97. The van der Waals surface area contributed by atoms with Crippen molar-refractivity contribution in [3.63, 3.8) is 0 Å². The van der Waals surface area contributed by atoms with E-state index in [-0.39, 0.29) is 27.4 Å². The van der Waals surface area contributed by atoms with E-state index in [2.05, 4.69) is 5.32 Å². The van der Waals surface area contributed by atoms with Gasteiger partial charge in [-0.25, -0.2) is 9.59 Å². The monoisotopic (exact) mass is 1060 g/mol. The first-order chi connectivity index (χ1) is 34.7. The number of fused-ring (bicyclic) bond motifs is 2. The van der Waals surface area contributed by atoms with Gasteiger partial charge in [-0.2, -0.15) is 0 Å². The predicted molar refractivity (Wildman–Crippen MR) is 245 cm³/mol. The number of nitrogens with one attached hydrogen (secondary N) is 1. The van der Waals surface area contributed by atoms with Crippen LogP contribution in [0, 0.1) is 4.90 Å². The van der Waals surface area contributed by atoms with E-state index in [1.807, 2.05) is 0 Å². The molecule has 6 rings (SSSR count). The summed E-state index contributed by atoms with van der Waals surface area (Å²) in [5.41, 5.74) is -2.19. The van der Waals surface area contributed by atoms with Crippen LogP contribution in [0.25, 0.3) is 33.5 Å². The highest BCUT2D eigenvalue weighted by molar-refractivity contribution is 7.71. The molecule has 2 N–H and O–H groups in total. The minimum absolute atomic E-state index is 0.0121. The predicted octanol–water partition coefficient (Wildman–Crippen LogP) is 4.12. The van der Waals surface area contributed by atoms with Crippen molar-refractivity contribution >= 4 is 82.2 Å². The number of alkyl carbamates (subject to hydrolysis) is 1. The molecule has 1 amide bonds. The quantitative estimate of drug-likeness (QED) is 0.0731. The fourth-order valence-corrected chi connectivity index (χ4v) is 7.93. The molecule has 2 aliphatic heterocycles. The maximum absolute atomic E-state index is 14.8. The number of esters is 7. The molecular weight excluding hydrogens is 1010 g/mol. The highest BCUT2D eigenvalue weighted by atomic mass is 32.1. The molecule has 0 saturated carbocycles. The molecule has 27 heteroatoms. The molecule has 4 aromatic rings. The molecule has 2 aromatic heterocycles. The van der Waals surface area contributed by atoms with Crippen molar-refractivity contribution in [3.8, 4) is 28.6 Å². The molecule has 4 unspecified atom stereocenters. The summed E-state index contributed by atoms with van der Waals surface area (Å²) >= 11 is 5.05. The normalized spacial score (nSPS) is 23.6. The van der Waals surface area contributed by atoms with Crippen LogP contribution in [0.1, 0.15) is 69.2 Å². The third kappa shape index (κ3) is 13.9. The fourth-order valence-electron chi connectivity index (χ4n) is 7.75. The van der Waals surface area contributed by atoms with Gasteiger partial charge in [-0.3, -0.25) is 33.6 Å². The number of ether oxygens (including phenoxy) is 12. The summed E-state index contributed by atoms with van der Waals surface area (Å²) in [6.07, 6.45) is -17.4. The second-order valence-corrected chi connectivity index (χ2v) is 17.8. The Kier molecular flexibility index (Phi) is 17.4. The largest absolute Gasteiger partial charge is 0.507 e. The van der Waals surface area contributed by atoms with Crippen LogP contribution in [0.15, 0.2) is 48.4 Å². The standard InChI is InChI=1S/C47H51NO25S/c1-18-35(61-19(2)49)39(63-21(4)51)41(65-23(6)53)43(60-18)59-17-31-37(62-20(3)50)40(64-22(5)52)42(66-24(7)54)44(69-31)72-38-34(57)33-27(55)14-26(67-32(56)16-48-45(58)73-47(8,9)10)15-30(33)68-36(38)25-11-12-28-29(13-25)71-46(74)70-28/h11-15,18,31,35,37,39-44,55H,16-17H2,1-10H3,(H,48,58)/t18?,31-,35?,37?,39-,40+,41-,42?,43+,44+/m1/s1. The van der Waals surface area contributed by atoms with Gasteiger partial charge in [-0.15, -0.1) is 0 Å². The van der Waals surface area contributed by atoms with Crippen molar-refractivity contribution in [1.29, 1.82) is 0 Å². The van der Waals surface area contributed by atoms with Crippen molar-refractivity contribution in [1.82, 2.24) is 5.32 Å². The first-order valence-electron chi connectivity index (χ1n) is 22.4. The Bertz CT molecular complexity index is 2950. The van der Waals surface area contributed by atoms with Crippen LogP contribution in [0.5, 0.6) is 17.2 Å². The van der Waals surface area contributed by atoms with Gasteiger partial charge in [0.15, 0.2) is 53.7 Å². The fraction of sp³-hybridized carbons (Fsp3) is 0.489. The topological polar surface area (TPSA) is 336 Å². The van der Waals surface area contributed by atoms with E-state index in [0.717, 1.165) is 53.7 Å². The number of rotatable bonds is 15. The number of hydrogen-bond donors (Lipinski definition) is 2. The molecule has 2 fully saturated rings. The Balaban J connectivity index is 1.45. The van der Waals surface area contributed by atoms with Gasteiger partial charge < -0.3 is 80.5 Å². The van der Waals surface area contributed by atoms with Crippen molar-refractivity contribution in [2.75, 3.05) is 13.2 Å². The zero-order valence-corrected chi connectivity index (χ0v) is 42.0. The van der Waals surface area contributed by atoms with Crippen LogP contribution in [-0.4, -0.2) is 133 Å². The summed E-state index contributed by atoms with van der Waals surface area (Å²) in [5.74, 6) is -8.99. The van der Waals surface area contributed by atoms with Gasteiger partial charge >= 0.3 is 52.8 Å². The van der Waals surface area contributed by atoms with Crippen LogP contribution >= 0.6 is 12.2 Å². The highest BCUT2D eigenvalue weighted by Gasteiger charge is 2.55. The number of phenolic OH excluding ortho intramolecular Hbond substituents is 1. The van der Waals surface area contributed by atoms with Gasteiger partial charge in [0.25, 0.3) is 0 Å². The maximum Gasteiger partial charge on any atom is 0.408 e. The molecule has 0 bridgehead atoms. The van der Waals surface area contributed by atoms with Gasteiger partial charge in [-0.1, -0.05) is 0 Å². The van der Waals surface area contributed by atoms with E-state index in [1.165, 1.54) is 25.1 Å². The molecule has 0 radical (unpaired) electrons. The third-order valence-corrected chi connectivity index (χ3v) is 10.5. The van der Waals surface area contributed by atoms with Crippen LogP contribution in [0.3, 0.4) is 0 Å². The zero-order chi connectivity index (χ0) is 54.5. The summed E-state index contributed by atoms with van der Waals surface area (Å²) in [6, 6.07) is 6.08. The van der Waals surface area contributed by atoms with E-state index < -0.39 is 162 Å². The van der Waals surface area contributed by atoms with Gasteiger partial charge in [0, 0.05) is 71.5 Å². The lowest BCUT2D eigenvalue weighted by molar-refractivity contribution is -0.323. The summed E-state index contributed by atoms with van der Waals surface area (Å²) in [4.78, 5) is 115. The summed E-state index contributed by atoms with van der Waals surface area (Å²) < 4.78 is 85.5. The highest BCUT2D eigenvalue weighted by Crippen LogP contribution is 2.40. The van der Waals surface area contributed by atoms with Crippen LogP contribution in [0.2, 0.25) is 0 Å². The van der Waals surface area contributed by atoms with E-state index in [4.69, 9.17) is 82.3 Å². The van der Waals surface area contributed by atoms with Crippen molar-refractivity contribution < 1.29 is 114 Å². The Morgan fingerprint density at radius 2 is 1.20 bits per heavy atom. The molecule has 4 heterocycles. The summed E-state index contributed by atoms with van der Waals surface area (Å²) in [5, 5.41) is 13.0. The maximum atomic E-state index is 14.8. The number of phenols is 1. The Morgan fingerprint density at radius 1 is 0.662 bits per heavy atom. The van der Waals surface area contributed by atoms with E-state index in [0.29, 0.717) is 0 Å². The molecule has 74 heavy (non-hydrogen) atoms. The Hall–Kier alpha value is -7.62. The minimum atomic E-state index is -2.07. The van der Waals surface area contributed by atoms with E-state index in [9.17, 15) is 48.3 Å². The molecule has 400 valence electrons. The van der Waals surface area contributed by atoms with Gasteiger partial charge in [0.1, 0.15) is 40.7 Å². The van der Waals surface area contributed by atoms with E-state index in [1.54, 1.807) is 20.8 Å². The molecule has 26 nitrogen and oxygen atoms in total. The molecule has 2 aliphatic rings. The third-order valence-electron chi connectivity index (χ3n) is 10.3.